The van der Waals surface area contributed by atoms with Crippen LogP contribution in [0.15, 0.2) is 10.2 Å². The third kappa shape index (κ3) is 1.10. The Bertz CT molecular complexity index is 452. The number of carbonyl (C=O) groups is 2. The van der Waals surface area contributed by atoms with E-state index in [1.54, 1.807) is 0 Å². The molecule has 2 aliphatic heterocycles. The summed E-state index contributed by atoms with van der Waals surface area (Å²) in [5, 5.41) is 8.29. The molecule has 2 amide bonds. The number of amides is 2. The molecule has 0 spiro atoms. The van der Waals surface area contributed by atoms with E-state index in [1.807, 2.05) is 0 Å². The lowest BCUT2D eigenvalue weighted by molar-refractivity contribution is -0.122. The number of rotatable bonds is 0. The number of nitrogens with zero attached hydrogens (tertiary/aromatic N) is 2. The van der Waals surface area contributed by atoms with E-state index >= 15 is 0 Å². The van der Waals surface area contributed by atoms with Crippen LogP contribution in [0.4, 0.5) is 0 Å². The average molecular weight is 232 g/mol. The van der Waals surface area contributed by atoms with E-state index in [9.17, 15) is 9.59 Å². The zero-order chi connectivity index (χ0) is 11.6. The van der Waals surface area contributed by atoms with Crippen molar-refractivity contribution in [2.75, 3.05) is 0 Å². The van der Waals surface area contributed by atoms with E-state index in [1.165, 1.54) is 0 Å². The highest BCUT2D eigenvalue weighted by atomic mass is 16.2. The largest absolute Gasteiger partial charge is 0.272 e. The summed E-state index contributed by atoms with van der Waals surface area (Å²) in [5.74, 6) is 0.379. The number of fused-ring (bicyclic) bond motifs is 6. The van der Waals surface area contributed by atoms with Crippen LogP contribution in [0.1, 0.15) is 19.3 Å². The normalized spacial score (nSPS) is 42.1. The fourth-order valence-electron chi connectivity index (χ4n) is 3.61. The minimum absolute atomic E-state index is 0.00559. The Hall–Kier alpha value is -1.72. The van der Waals surface area contributed by atoms with Crippen LogP contribution in [0, 0.1) is 23.7 Å². The van der Waals surface area contributed by atoms with E-state index in [-0.39, 0.29) is 35.5 Å². The second-order valence-corrected chi connectivity index (χ2v) is 5.23. The van der Waals surface area contributed by atoms with Gasteiger partial charge in [-0.25, -0.2) is 10.9 Å². The highest BCUT2D eigenvalue weighted by Crippen LogP contribution is 2.44. The van der Waals surface area contributed by atoms with Crippen LogP contribution in [0.25, 0.3) is 0 Å². The summed E-state index contributed by atoms with van der Waals surface area (Å²) in [6.07, 6.45) is 2.49. The van der Waals surface area contributed by atoms with E-state index in [4.69, 9.17) is 0 Å². The Kier molecular flexibility index (Phi) is 1.61. The lowest BCUT2D eigenvalue weighted by Crippen LogP contribution is -2.45. The molecule has 6 nitrogen and oxygen atoms in total. The summed E-state index contributed by atoms with van der Waals surface area (Å²) >= 11 is 0. The second-order valence-electron chi connectivity index (χ2n) is 5.23. The van der Waals surface area contributed by atoms with Crippen LogP contribution in [-0.2, 0) is 9.59 Å². The van der Waals surface area contributed by atoms with Crippen molar-refractivity contribution in [1.82, 2.24) is 10.9 Å². The molecule has 0 aromatic rings. The molecular weight excluding hydrogens is 220 g/mol. The molecule has 4 atom stereocenters. The maximum absolute atomic E-state index is 11.6. The molecule has 4 rings (SSSR count). The van der Waals surface area contributed by atoms with Crippen molar-refractivity contribution in [3.05, 3.63) is 0 Å². The van der Waals surface area contributed by atoms with Crippen LogP contribution in [0.2, 0.25) is 0 Å². The minimum Gasteiger partial charge on any atom is -0.272 e. The van der Waals surface area contributed by atoms with Gasteiger partial charge in [0.05, 0.1) is 23.3 Å². The van der Waals surface area contributed by atoms with Gasteiger partial charge in [0.2, 0.25) is 11.8 Å². The lowest BCUT2D eigenvalue weighted by Gasteiger charge is -2.38. The Labute approximate surface area is 97.5 Å². The maximum atomic E-state index is 11.6. The summed E-state index contributed by atoms with van der Waals surface area (Å²) in [7, 11) is 0. The van der Waals surface area contributed by atoms with Crippen LogP contribution >= 0.6 is 0 Å². The molecule has 0 saturated heterocycles. The Balaban J connectivity index is 1.73. The molecule has 0 aromatic carbocycles. The van der Waals surface area contributed by atoms with Gasteiger partial charge in [-0.1, -0.05) is 0 Å². The topological polar surface area (TPSA) is 82.9 Å². The van der Waals surface area contributed by atoms with E-state index in [2.05, 4.69) is 21.1 Å². The van der Waals surface area contributed by atoms with Gasteiger partial charge >= 0.3 is 0 Å². The fraction of sp³-hybridized carbons (Fsp3) is 0.636. The third-order valence-corrected chi connectivity index (χ3v) is 4.38. The van der Waals surface area contributed by atoms with Gasteiger partial charge in [-0.2, -0.15) is 10.2 Å². The molecule has 4 aliphatic rings. The zero-order valence-electron chi connectivity index (χ0n) is 9.14. The smallest absolute Gasteiger partial charge is 0.248 e. The third-order valence-electron chi connectivity index (χ3n) is 4.38. The molecule has 2 saturated carbocycles. The first kappa shape index (κ1) is 9.32. The maximum Gasteiger partial charge on any atom is 0.248 e. The molecule has 2 bridgehead atoms. The minimum atomic E-state index is -0.0851. The summed E-state index contributed by atoms with van der Waals surface area (Å²) in [6.45, 7) is 0. The molecule has 2 fully saturated rings. The summed E-state index contributed by atoms with van der Waals surface area (Å²) in [5.41, 5.74) is 7.05. The number of hydrazone groups is 2. The van der Waals surface area contributed by atoms with Crippen molar-refractivity contribution in [3.63, 3.8) is 0 Å². The SMILES string of the molecule is O=C1NN=C2C1C[C@H]1C[C@@H]2C[C@@H]2C(=O)NN=C12. The van der Waals surface area contributed by atoms with Crippen LogP contribution in [-0.4, -0.2) is 23.2 Å². The van der Waals surface area contributed by atoms with Gasteiger partial charge < -0.3 is 0 Å². The molecule has 1 unspecified atom stereocenters. The Morgan fingerprint density at radius 2 is 1.29 bits per heavy atom. The summed E-state index contributed by atoms with van der Waals surface area (Å²) < 4.78 is 0. The van der Waals surface area contributed by atoms with Gasteiger partial charge in [-0.15, -0.1) is 0 Å². The van der Waals surface area contributed by atoms with Crippen molar-refractivity contribution in [2.45, 2.75) is 19.3 Å². The van der Waals surface area contributed by atoms with E-state index in [0.29, 0.717) is 0 Å². The predicted molar refractivity (Wildman–Crippen MR) is 59.0 cm³/mol. The lowest BCUT2D eigenvalue weighted by atomic mass is 9.63. The zero-order valence-corrected chi connectivity index (χ0v) is 9.14. The van der Waals surface area contributed by atoms with Crippen molar-refractivity contribution >= 4 is 23.2 Å². The van der Waals surface area contributed by atoms with Crippen molar-refractivity contribution < 1.29 is 9.59 Å². The van der Waals surface area contributed by atoms with Gasteiger partial charge in [-0.3, -0.25) is 9.59 Å². The van der Waals surface area contributed by atoms with Gasteiger partial charge in [-0.05, 0) is 19.3 Å². The highest BCUT2D eigenvalue weighted by molar-refractivity contribution is 6.15. The van der Waals surface area contributed by atoms with Gasteiger partial charge in [0.1, 0.15) is 0 Å². The molecule has 6 heteroatoms. The fourth-order valence-corrected chi connectivity index (χ4v) is 3.61. The molecule has 2 aliphatic carbocycles. The molecular formula is C11H12N4O2. The first-order valence-corrected chi connectivity index (χ1v) is 5.98. The van der Waals surface area contributed by atoms with E-state index in [0.717, 1.165) is 30.7 Å². The van der Waals surface area contributed by atoms with Gasteiger partial charge in [0.25, 0.3) is 0 Å². The number of nitrogens with one attached hydrogen (secondary N) is 2. The number of hydrogen-bond donors (Lipinski definition) is 2. The Morgan fingerprint density at radius 3 is 1.76 bits per heavy atom. The molecule has 0 radical (unpaired) electrons. The van der Waals surface area contributed by atoms with Gasteiger partial charge in [0.15, 0.2) is 0 Å². The Morgan fingerprint density at radius 1 is 0.824 bits per heavy atom. The van der Waals surface area contributed by atoms with Crippen molar-refractivity contribution in [3.8, 4) is 0 Å². The standard InChI is InChI=1S/C11H12N4O2/c16-10-6-2-4-1-5(9(6)13-14-10)3-7-8(4)12-15-11(7)17/h4-7H,1-3H2,(H,14,16)(H,15,17)/t4-,5-,6+,7?/m1/s1. The average Bonchev–Trinajstić information content (AvgIpc) is 2.86. The first-order valence-electron chi connectivity index (χ1n) is 5.98. The van der Waals surface area contributed by atoms with Crippen LogP contribution in [0.5, 0.6) is 0 Å². The highest BCUT2D eigenvalue weighted by Gasteiger charge is 2.51. The first-order chi connectivity index (χ1) is 8.24. The van der Waals surface area contributed by atoms with Crippen LogP contribution in [0.3, 0.4) is 0 Å². The van der Waals surface area contributed by atoms with Crippen molar-refractivity contribution in [1.29, 1.82) is 0 Å². The van der Waals surface area contributed by atoms with Crippen molar-refractivity contribution in [2.24, 2.45) is 33.9 Å². The molecule has 2 heterocycles. The van der Waals surface area contributed by atoms with Crippen LogP contribution < -0.4 is 10.9 Å². The second kappa shape index (κ2) is 2.94. The summed E-state index contributed by atoms with van der Waals surface area (Å²) in [4.78, 5) is 23.3. The molecule has 17 heavy (non-hydrogen) atoms. The monoisotopic (exact) mass is 232 g/mol. The van der Waals surface area contributed by atoms with E-state index < -0.39 is 0 Å². The molecule has 88 valence electrons. The summed E-state index contributed by atoms with van der Waals surface area (Å²) in [6, 6.07) is 0. The van der Waals surface area contributed by atoms with Gasteiger partial charge in [0, 0.05) is 11.8 Å². The predicted octanol–water partition coefficient (Wildman–Crippen LogP) is -0.380. The molecule has 2 N–H and O–H groups in total. The number of hydrogen-bond acceptors (Lipinski definition) is 4. The number of carbonyl (C=O) groups excluding carboxylic acids is 2. The quantitative estimate of drug-likeness (QED) is 0.596. The molecule has 0 aromatic heterocycles.